The number of methoxy groups -OCH3 is 1. The van der Waals surface area contributed by atoms with E-state index in [4.69, 9.17) is 33.0 Å². The number of halogens is 2. The Bertz CT molecular complexity index is 1710. The van der Waals surface area contributed by atoms with E-state index in [9.17, 15) is 9.59 Å². The van der Waals surface area contributed by atoms with Crippen molar-refractivity contribution in [3.8, 4) is 28.3 Å². The standard InChI is InChI=1S/C31H32Cl2N6O4/c1-17(31(41)42)34-15-18-11-12-22(37-30(18)43-4)21-9-5-7-19(26(21)32)20-8-6-10-23(27(20)33)36-29(40)28-35-24-16-38(2)14-13-25(24)39(28)3/h5-12,17,34H,13-16H2,1-4H3,(H,36,40)(H,41,42). The van der Waals surface area contributed by atoms with Gasteiger partial charge in [-0.25, -0.2) is 9.97 Å². The summed E-state index contributed by atoms with van der Waals surface area (Å²) < 4.78 is 7.34. The van der Waals surface area contributed by atoms with E-state index >= 15 is 0 Å². The zero-order valence-electron chi connectivity index (χ0n) is 24.2. The first-order valence-electron chi connectivity index (χ1n) is 13.7. The van der Waals surface area contributed by atoms with Crippen LogP contribution in [-0.2, 0) is 31.4 Å². The number of imidazole rings is 1. The molecule has 12 heteroatoms. The van der Waals surface area contributed by atoms with E-state index in [0.29, 0.717) is 61.9 Å². The average Bonchev–Trinajstić information content (AvgIpc) is 3.32. The number of carbonyl (C=O) groups excluding carboxylic acids is 1. The number of ether oxygens (including phenoxy) is 1. The van der Waals surface area contributed by atoms with Crippen molar-refractivity contribution in [2.45, 2.75) is 32.5 Å². The molecule has 2 aromatic heterocycles. The average molecular weight is 624 g/mol. The second kappa shape index (κ2) is 12.7. The topological polar surface area (TPSA) is 122 Å². The van der Waals surface area contributed by atoms with Gasteiger partial charge in [-0.2, -0.15) is 0 Å². The molecule has 0 spiro atoms. The van der Waals surface area contributed by atoms with Crippen LogP contribution in [0.15, 0.2) is 48.5 Å². The number of amides is 1. The minimum atomic E-state index is -0.946. The second-order valence-corrected chi connectivity index (χ2v) is 11.2. The number of nitrogens with zero attached hydrogens (tertiary/aromatic N) is 4. The summed E-state index contributed by atoms with van der Waals surface area (Å²) >= 11 is 13.8. The number of anilines is 1. The van der Waals surface area contributed by atoms with Crippen LogP contribution in [-0.4, -0.2) is 63.2 Å². The van der Waals surface area contributed by atoms with Gasteiger partial charge in [-0.15, -0.1) is 0 Å². The van der Waals surface area contributed by atoms with Crippen LogP contribution in [0.4, 0.5) is 5.69 Å². The van der Waals surface area contributed by atoms with Gasteiger partial charge in [0.15, 0.2) is 5.82 Å². The number of likely N-dealkylation sites (N-methyl/N-ethyl adjacent to an activating group) is 1. The normalized spacial score (nSPS) is 13.8. The Morgan fingerprint density at radius 3 is 2.44 bits per heavy atom. The third-order valence-corrected chi connectivity index (χ3v) is 8.38. The van der Waals surface area contributed by atoms with Gasteiger partial charge >= 0.3 is 5.97 Å². The van der Waals surface area contributed by atoms with Gasteiger partial charge in [0.2, 0.25) is 5.88 Å². The van der Waals surface area contributed by atoms with Crippen LogP contribution in [0.3, 0.4) is 0 Å². The van der Waals surface area contributed by atoms with Gasteiger partial charge in [-0.1, -0.05) is 59.6 Å². The summed E-state index contributed by atoms with van der Waals surface area (Å²) in [7, 11) is 5.40. The molecule has 5 rings (SSSR count). The molecule has 0 fully saturated rings. The maximum Gasteiger partial charge on any atom is 0.320 e. The van der Waals surface area contributed by atoms with Crippen molar-refractivity contribution >= 4 is 40.8 Å². The lowest BCUT2D eigenvalue weighted by atomic mass is 10.00. The number of hydrogen-bond acceptors (Lipinski definition) is 7. The number of benzene rings is 2. The SMILES string of the molecule is COc1nc(-c2cccc(-c3cccc(NC(=O)c4nc5c(n4C)CCN(C)C5)c3Cl)c2Cl)ccc1CNC(C)C(=O)O. The smallest absolute Gasteiger partial charge is 0.320 e. The fourth-order valence-corrected chi connectivity index (χ4v) is 5.70. The quantitative estimate of drug-likeness (QED) is 0.231. The Kier molecular flexibility index (Phi) is 9.03. The molecular weight excluding hydrogens is 591 g/mol. The van der Waals surface area contributed by atoms with Crippen LogP contribution in [0.5, 0.6) is 5.88 Å². The molecular formula is C31H32Cl2N6O4. The first-order chi connectivity index (χ1) is 20.6. The van der Waals surface area contributed by atoms with Crippen LogP contribution in [0.2, 0.25) is 10.0 Å². The fraction of sp³-hybridized carbons (Fsp3) is 0.290. The largest absolute Gasteiger partial charge is 0.481 e. The molecule has 3 N–H and O–H groups in total. The molecule has 10 nitrogen and oxygen atoms in total. The van der Waals surface area contributed by atoms with E-state index in [1.807, 2.05) is 49.0 Å². The van der Waals surface area contributed by atoms with Gasteiger partial charge in [-0.3, -0.25) is 9.59 Å². The van der Waals surface area contributed by atoms with Crippen LogP contribution in [0.1, 0.15) is 34.5 Å². The molecule has 0 aliphatic carbocycles. The summed E-state index contributed by atoms with van der Waals surface area (Å²) in [6, 6.07) is 13.8. The molecule has 1 amide bonds. The molecule has 1 unspecified atom stereocenters. The summed E-state index contributed by atoms with van der Waals surface area (Å²) in [4.78, 5) is 35.9. The van der Waals surface area contributed by atoms with E-state index in [1.54, 1.807) is 25.1 Å². The second-order valence-electron chi connectivity index (χ2n) is 10.5. The lowest BCUT2D eigenvalue weighted by Gasteiger charge is -2.21. The third kappa shape index (κ3) is 6.23. The van der Waals surface area contributed by atoms with Gasteiger partial charge in [0.05, 0.1) is 34.2 Å². The van der Waals surface area contributed by atoms with Gasteiger partial charge in [0.1, 0.15) is 6.04 Å². The summed E-state index contributed by atoms with van der Waals surface area (Å²) in [6.07, 6.45) is 0.831. The van der Waals surface area contributed by atoms with Crippen LogP contribution in [0.25, 0.3) is 22.4 Å². The minimum Gasteiger partial charge on any atom is -0.481 e. The first kappa shape index (κ1) is 30.5. The molecule has 43 heavy (non-hydrogen) atoms. The highest BCUT2D eigenvalue weighted by atomic mass is 35.5. The monoisotopic (exact) mass is 622 g/mol. The summed E-state index contributed by atoms with van der Waals surface area (Å²) in [5, 5.41) is 15.8. The molecule has 2 aromatic carbocycles. The third-order valence-electron chi connectivity index (χ3n) is 7.56. The summed E-state index contributed by atoms with van der Waals surface area (Å²) in [5.74, 6) is -0.604. The number of fused-ring (bicyclic) bond motifs is 1. The number of carboxylic acid groups (broad SMARTS) is 1. The molecule has 0 saturated carbocycles. The van der Waals surface area contributed by atoms with Crippen molar-refractivity contribution in [1.82, 2.24) is 24.8 Å². The maximum atomic E-state index is 13.3. The highest BCUT2D eigenvalue weighted by Gasteiger charge is 2.25. The van der Waals surface area contributed by atoms with Gasteiger partial charge in [0.25, 0.3) is 5.91 Å². The number of carbonyl (C=O) groups is 2. The summed E-state index contributed by atoms with van der Waals surface area (Å²) in [6.45, 7) is 3.45. The Balaban J connectivity index is 1.42. The fourth-order valence-electron chi connectivity index (χ4n) is 5.10. The van der Waals surface area contributed by atoms with Crippen molar-refractivity contribution in [3.05, 3.63) is 81.4 Å². The van der Waals surface area contributed by atoms with Crippen molar-refractivity contribution in [3.63, 3.8) is 0 Å². The zero-order chi connectivity index (χ0) is 30.8. The molecule has 4 aromatic rings. The molecule has 0 saturated heterocycles. The van der Waals surface area contributed by atoms with Crippen molar-refractivity contribution < 1.29 is 19.4 Å². The van der Waals surface area contributed by atoms with E-state index in [0.717, 1.165) is 24.4 Å². The lowest BCUT2D eigenvalue weighted by Crippen LogP contribution is -2.33. The van der Waals surface area contributed by atoms with Crippen LogP contribution in [0, 0.1) is 0 Å². The number of carboxylic acids is 1. The number of aliphatic carboxylic acids is 1. The number of aromatic nitrogens is 3. The van der Waals surface area contributed by atoms with E-state index in [1.165, 1.54) is 7.11 Å². The predicted octanol–water partition coefficient (Wildman–Crippen LogP) is 5.27. The zero-order valence-corrected chi connectivity index (χ0v) is 25.8. The molecule has 1 atom stereocenters. The molecule has 1 aliphatic heterocycles. The van der Waals surface area contributed by atoms with Gasteiger partial charge in [0, 0.05) is 61.1 Å². The predicted molar refractivity (Wildman–Crippen MR) is 167 cm³/mol. The molecule has 0 radical (unpaired) electrons. The lowest BCUT2D eigenvalue weighted by molar-refractivity contribution is -0.139. The first-order valence-corrected chi connectivity index (χ1v) is 14.5. The Hall–Kier alpha value is -3.96. The number of hydrogen-bond donors (Lipinski definition) is 3. The molecule has 3 heterocycles. The highest BCUT2D eigenvalue weighted by molar-refractivity contribution is 6.39. The van der Waals surface area contributed by atoms with Gasteiger partial charge in [-0.05, 0) is 26.1 Å². The van der Waals surface area contributed by atoms with Crippen molar-refractivity contribution in [1.29, 1.82) is 0 Å². The van der Waals surface area contributed by atoms with E-state index in [2.05, 4.69) is 25.5 Å². The number of nitrogens with one attached hydrogen (secondary N) is 2. The summed E-state index contributed by atoms with van der Waals surface area (Å²) in [5.41, 5.74) is 5.66. The molecule has 0 bridgehead atoms. The Labute approximate surface area is 259 Å². The highest BCUT2D eigenvalue weighted by Crippen LogP contribution is 2.41. The van der Waals surface area contributed by atoms with Crippen molar-refractivity contribution in [2.75, 3.05) is 26.0 Å². The maximum absolute atomic E-state index is 13.3. The van der Waals surface area contributed by atoms with Gasteiger partial charge < -0.3 is 29.9 Å². The van der Waals surface area contributed by atoms with E-state index in [-0.39, 0.29) is 12.5 Å². The van der Waals surface area contributed by atoms with E-state index < -0.39 is 12.0 Å². The van der Waals surface area contributed by atoms with Crippen LogP contribution >= 0.6 is 23.2 Å². The number of pyridine rings is 1. The Morgan fingerprint density at radius 2 is 1.72 bits per heavy atom. The number of rotatable bonds is 9. The Morgan fingerprint density at radius 1 is 1.02 bits per heavy atom. The van der Waals surface area contributed by atoms with Crippen molar-refractivity contribution in [2.24, 2.45) is 7.05 Å². The van der Waals surface area contributed by atoms with Crippen LogP contribution < -0.4 is 15.4 Å². The minimum absolute atomic E-state index is 0.268. The molecule has 1 aliphatic rings. The molecule has 224 valence electrons.